The van der Waals surface area contributed by atoms with Crippen molar-refractivity contribution in [2.45, 2.75) is 6.04 Å². The van der Waals surface area contributed by atoms with Crippen molar-refractivity contribution in [2.24, 2.45) is 0 Å². The van der Waals surface area contributed by atoms with Gasteiger partial charge in [0.1, 0.15) is 0 Å². The molecule has 0 spiro atoms. The van der Waals surface area contributed by atoms with E-state index in [9.17, 15) is 4.79 Å². The van der Waals surface area contributed by atoms with Crippen LogP contribution in [0.15, 0.2) is 53.1 Å². The van der Waals surface area contributed by atoms with E-state index in [4.69, 9.17) is 25.6 Å². The van der Waals surface area contributed by atoms with Crippen LogP contribution in [0.2, 0.25) is 5.02 Å². The van der Waals surface area contributed by atoms with Crippen LogP contribution in [-0.4, -0.2) is 50.8 Å². The molecule has 1 N–H and O–H groups in total. The van der Waals surface area contributed by atoms with Crippen LogP contribution < -0.4 is 14.8 Å². The summed E-state index contributed by atoms with van der Waals surface area (Å²) in [5.74, 6) is 1.48. The molecular formula is C22H24ClN3O4. The van der Waals surface area contributed by atoms with Gasteiger partial charge in [-0.25, -0.2) is 0 Å². The third-order valence-corrected chi connectivity index (χ3v) is 5.00. The van der Waals surface area contributed by atoms with E-state index < -0.39 is 0 Å². The minimum Gasteiger partial charge on any atom is -0.493 e. The maximum absolute atomic E-state index is 12.6. The van der Waals surface area contributed by atoms with Crippen molar-refractivity contribution >= 4 is 17.5 Å². The summed E-state index contributed by atoms with van der Waals surface area (Å²) in [7, 11) is 7.08. The predicted octanol–water partition coefficient (Wildman–Crippen LogP) is 4.04. The van der Waals surface area contributed by atoms with Crippen molar-refractivity contribution in [3.05, 3.63) is 64.8 Å². The molecule has 1 atom stereocenters. The second-order valence-electron chi connectivity index (χ2n) is 6.89. The van der Waals surface area contributed by atoms with Gasteiger partial charge in [0.15, 0.2) is 23.0 Å². The Labute approximate surface area is 180 Å². The number of hydrogen-bond acceptors (Lipinski definition) is 6. The number of halogens is 1. The number of methoxy groups -OCH3 is 2. The molecule has 7 nitrogen and oxygen atoms in total. The van der Waals surface area contributed by atoms with Gasteiger partial charge in [-0.2, -0.15) is 0 Å². The summed E-state index contributed by atoms with van der Waals surface area (Å²) in [6.07, 6.45) is 0. The van der Waals surface area contributed by atoms with Gasteiger partial charge < -0.3 is 24.2 Å². The smallest absolute Gasteiger partial charge is 0.273 e. The average Bonchev–Trinajstić information content (AvgIpc) is 3.24. The first-order valence-corrected chi connectivity index (χ1v) is 9.70. The maximum atomic E-state index is 12.6. The summed E-state index contributed by atoms with van der Waals surface area (Å²) < 4.78 is 16.0. The quantitative estimate of drug-likeness (QED) is 0.582. The lowest BCUT2D eigenvalue weighted by atomic mass is 10.0. The molecule has 3 aromatic rings. The van der Waals surface area contributed by atoms with Crippen LogP contribution in [0, 0.1) is 0 Å². The molecule has 2 aromatic carbocycles. The van der Waals surface area contributed by atoms with Crippen LogP contribution in [0.5, 0.6) is 11.5 Å². The van der Waals surface area contributed by atoms with Crippen molar-refractivity contribution in [1.29, 1.82) is 0 Å². The van der Waals surface area contributed by atoms with Gasteiger partial charge in [-0.3, -0.25) is 4.79 Å². The Morgan fingerprint density at radius 1 is 1.10 bits per heavy atom. The lowest BCUT2D eigenvalue weighted by Gasteiger charge is -2.25. The van der Waals surface area contributed by atoms with Crippen molar-refractivity contribution in [3.8, 4) is 22.8 Å². The number of nitrogens with zero attached hydrogens (tertiary/aromatic N) is 2. The lowest BCUT2D eigenvalue weighted by Crippen LogP contribution is -2.34. The highest BCUT2D eigenvalue weighted by molar-refractivity contribution is 6.30. The fraction of sp³-hybridized carbons (Fsp3) is 0.273. The Kier molecular flexibility index (Phi) is 6.97. The van der Waals surface area contributed by atoms with Crippen molar-refractivity contribution in [1.82, 2.24) is 15.4 Å². The van der Waals surface area contributed by atoms with Gasteiger partial charge in [0, 0.05) is 23.2 Å². The molecule has 3 rings (SSSR count). The second-order valence-corrected chi connectivity index (χ2v) is 7.32. The monoisotopic (exact) mass is 429 g/mol. The highest BCUT2D eigenvalue weighted by atomic mass is 35.5. The van der Waals surface area contributed by atoms with Crippen LogP contribution in [0.25, 0.3) is 11.3 Å². The summed E-state index contributed by atoms with van der Waals surface area (Å²) in [6, 6.07) is 14.4. The molecule has 30 heavy (non-hydrogen) atoms. The Bertz CT molecular complexity index is 1000. The number of aromatic nitrogens is 1. The SMILES string of the molecule is COc1ccc([C@@H](CNC(=O)c2cc(-c3ccc(Cl)cc3)on2)N(C)C)cc1OC. The van der Waals surface area contributed by atoms with Crippen molar-refractivity contribution in [3.63, 3.8) is 0 Å². The Balaban J connectivity index is 1.71. The number of benzene rings is 2. The lowest BCUT2D eigenvalue weighted by molar-refractivity contribution is 0.0933. The third kappa shape index (κ3) is 4.93. The van der Waals surface area contributed by atoms with Crippen molar-refractivity contribution < 1.29 is 18.8 Å². The van der Waals surface area contributed by atoms with E-state index in [-0.39, 0.29) is 17.6 Å². The Morgan fingerprint density at radius 3 is 2.43 bits per heavy atom. The molecule has 0 fully saturated rings. The highest BCUT2D eigenvalue weighted by Crippen LogP contribution is 2.31. The first-order chi connectivity index (χ1) is 14.4. The number of likely N-dealkylation sites (N-methyl/N-ethyl adjacent to an activating group) is 1. The summed E-state index contributed by atoms with van der Waals surface area (Å²) >= 11 is 5.91. The Hall–Kier alpha value is -3.03. The van der Waals surface area contributed by atoms with Crippen LogP contribution in [-0.2, 0) is 0 Å². The summed E-state index contributed by atoms with van der Waals surface area (Å²) in [5, 5.41) is 7.44. The first kappa shape index (κ1) is 21.7. The van der Waals surface area contributed by atoms with Gasteiger partial charge in [0.25, 0.3) is 5.91 Å². The van der Waals surface area contributed by atoms with Gasteiger partial charge >= 0.3 is 0 Å². The number of carbonyl (C=O) groups excluding carboxylic acids is 1. The van der Waals surface area contributed by atoms with Gasteiger partial charge in [-0.15, -0.1) is 0 Å². The molecule has 1 aromatic heterocycles. The van der Waals surface area contributed by atoms with E-state index in [0.29, 0.717) is 28.8 Å². The first-order valence-electron chi connectivity index (χ1n) is 9.32. The number of rotatable bonds is 8. The molecule has 8 heteroatoms. The van der Waals surface area contributed by atoms with Gasteiger partial charge in [-0.05, 0) is 56.1 Å². The molecule has 0 aliphatic heterocycles. The van der Waals surface area contributed by atoms with Gasteiger partial charge in [0.2, 0.25) is 0 Å². The molecule has 0 saturated heterocycles. The summed E-state index contributed by atoms with van der Waals surface area (Å²) in [6.45, 7) is 0.379. The number of nitrogens with one attached hydrogen (secondary N) is 1. The second kappa shape index (κ2) is 9.65. The topological polar surface area (TPSA) is 76.8 Å². The highest BCUT2D eigenvalue weighted by Gasteiger charge is 2.20. The largest absolute Gasteiger partial charge is 0.493 e. The zero-order valence-corrected chi connectivity index (χ0v) is 18.1. The zero-order chi connectivity index (χ0) is 21.7. The number of amides is 1. The molecule has 0 aliphatic rings. The minimum atomic E-state index is -0.314. The fourth-order valence-corrected chi connectivity index (χ4v) is 3.20. The van der Waals surface area contributed by atoms with Crippen LogP contribution in [0.4, 0.5) is 0 Å². The molecule has 158 valence electrons. The van der Waals surface area contributed by atoms with Gasteiger partial charge in [0.05, 0.1) is 20.3 Å². The molecule has 0 saturated carbocycles. The maximum Gasteiger partial charge on any atom is 0.273 e. The van der Waals surface area contributed by atoms with E-state index in [0.717, 1.165) is 11.1 Å². The Morgan fingerprint density at radius 2 is 1.80 bits per heavy atom. The molecule has 1 amide bonds. The molecule has 1 heterocycles. The minimum absolute atomic E-state index is 0.0728. The number of ether oxygens (including phenoxy) is 2. The number of hydrogen-bond donors (Lipinski definition) is 1. The predicted molar refractivity (Wildman–Crippen MR) is 115 cm³/mol. The van der Waals surface area contributed by atoms with E-state index in [1.807, 2.05) is 49.3 Å². The van der Waals surface area contributed by atoms with Crippen LogP contribution in [0.3, 0.4) is 0 Å². The average molecular weight is 430 g/mol. The summed E-state index contributed by atoms with van der Waals surface area (Å²) in [5.41, 5.74) is 1.99. The molecule has 0 bridgehead atoms. The molecule has 0 aliphatic carbocycles. The van der Waals surface area contributed by atoms with Gasteiger partial charge in [-0.1, -0.05) is 22.8 Å². The van der Waals surface area contributed by atoms with E-state index >= 15 is 0 Å². The molecular weight excluding hydrogens is 406 g/mol. The zero-order valence-electron chi connectivity index (χ0n) is 17.3. The van der Waals surface area contributed by atoms with Crippen LogP contribution in [0.1, 0.15) is 22.1 Å². The van der Waals surface area contributed by atoms with Crippen LogP contribution >= 0.6 is 11.6 Å². The number of carbonyl (C=O) groups is 1. The van der Waals surface area contributed by atoms with E-state index in [1.165, 1.54) is 0 Å². The van der Waals surface area contributed by atoms with E-state index in [2.05, 4.69) is 10.5 Å². The van der Waals surface area contributed by atoms with E-state index in [1.54, 1.807) is 32.4 Å². The third-order valence-electron chi connectivity index (χ3n) is 4.74. The fourth-order valence-electron chi connectivity index (χ4n) is 3.07. The normalized spacial score (nSPS) is 11.9. The van der Waals surface area contributed by atoms with Crippen molar-refractivity contribution in [2.75, 3.05) is 34.9 Å². The molecule has 0 unspecified atom stereocenters. The molecule has 0 radical (unpaired) electrons. The standard InChI is InChI=1S/C22H24ClN3O4/c1-26(2)18(15-7-10-19(28-3)21(11-15)29-4)13-24-22(27)17-12-20(30-25-17)14-5-8-16(23)9-6-14/h5-12,18H,13H2,1-4H3,(H,24,27)/t18-/m1/s1. The summed E-state index contributed by atoms with van der Waals surface area (Å²) in [4.78, 5) is 14.6.